The Hall–Kier alpha value is -2.77. The fourth-order valence-electron chi connectivity index (χ4n) is 3.50. The summed E-state index contributed by atoms with van der Waals surface area (Å²) in [6.45, 7) is 3.47. The molecule has 0 radical (unpaired) electrons. The van der Waals surface area contributed by atoms with E-state index in [0.29, 0.717) is 5.56 Å². The summed E-state index contributed by atoms with van der Waals surface area (Å²) in [7, 11) is 0. The van der Waals surface area contributed by atoms with Crippen molar-refractivity contribution in [1.82, 2.24) is 4.90 Å². The van der Waals surface area contributed by atoms with E-state index in [1.165, 1.54) is 4.90 Å². The first-order valence-electron chi connectivity index (χ1n) is 9.53. The molecular formula is C23H22BrNO5. The van der Waals surface area contributed by atoms with Gasteiger partial charge in [0.1, 0.15) is 5.57 Å². The average molecular weight is 472 g/mol. The Labute approximate surface area is 183 Å². The maximum Gasteiger partial charge on any atom is 0.343 e. The Morgan fingerprint density at radius 1 is 1.10 bits per heavy atom. The molecule has 0 unspecified atom stereocenters. The molecule has 1 aliphatic rings. The minimum atomic E-state index is -2.17. The van der Waals surface area contributed by atoms with Crippen molar-refractivity contribution in [3.8, 4) is 0 Å². The van der Waals surface area contributed by atoms with Crippen molar-refractivity contribution >= 4 is 33.5 Å². The summed E-state index contributed by atoms with van der Waals surface area (Å²) in [5.74, 6) is -2.03. The molecule has 1 heterocycles. The van der Waals surface area contributed by atoms with Crippen LogP contribution in [0.2, 0.25) is 0 Å². The SMILES string of the molecule is CCOC(=O)C1=C(C)N(Cc2ccccc2)[C@@](O)(CC(=O)c2ccc(Br)cc2)C1=O. The molecule has 0 fully saturated rings. The van der Waals surface area contributed by atoms with Crippen LogP contribution in [-0.4, -0.2) is 39.9 Å². The summed E-state index contributed by atoms with van der Waals surface area (Å²) in [6, 6.07) is 15.9. The lowest BCUT2D eigenvalue weighted by Gasteiger charge is -2.35. The maximum absolute atomic E-state index is 13.2. The van der Waals surface area contributed by atoms with Crippen molar-refractivity contribution in [3.05, 3.63) is 81.5 Å². The van der Waals surface area contributed by atoms with Crippen LogP contribution in [0.3, 0.4) is 0 Å². The fraction of sp³-hybridized carbons (Fsp3) is 0.261. The lowest BCUT2D eigenvalue weighted by Crippen LogP contribution is -2.50. The van der Waals surface area contributed by atoms with Gasteiger partial charge in [-0.25, -0.2) is 4.79 Å². The third-order valence-corrected chi connectivity index (χ3v) is 5.57. The zero-order chi connectivity index (χ0) is 21.9. The molecule has 3 rings (SSSR count). The number of nitrogens with zero attached hydrogens (tertiary/aromatic N) is 1. The van der Waals surface area contributed by atoms with Crippen LogP contribution in [0.1, 0.15) is 36.2 Å². The zero-order valence-electron chi connectivity index (χ0n) is 16.7. The van der Waals surface area contributed by atoms with Crippen LogP contribution >= 0.6 is 15.9 Å². The summed E-state index contributed by atoms with van der Waals surface area (Å²) in [5, 5.41) is 11.4. The molecule has 1 atom stereocenters. The first kappa shape index (κ1) is 21.9. The molecule has 0 amide bonds. The Morgan fingerprint density at radius 2 is 1.73 bits per heavy atom. The molecule has 0 saturated carbocycles. The molecule has 0 spiro atoms. The summed E-state index contributed by atoms with van der Waals surface area (Å²) in [5.41, 5.74) is -0.926. The van der Waals surface area contributed by atoms with Crippen molar-refractivity contribution in [2.24, 2.45) is 0 Å². The van der Waals surface area contributed by atoms with E-state index in [2.05, 4.69) is 15.9 Å². The normalized spacial score (nSPS) is 18.7. The van der Waals surface area contributed by atoms with Crippen molar-refractivity contribution in [2.45, 2.75) is 32.5 Å². The number of ketones is 2. The van der Waals surface area contributed by atoms with Gasteiger partial charge in [0, 0.05) is 22.3 Å². The first-order chi connectivity index (χ1) is 14.3. The minimum absolute atomic E-state index is 0.0951. The number of hydrogen-bond acceptors (Lipinski definition) is 6. The molecule has 6 nitrogen and oxygen atoms in total. The van der Waals surface area contributed by atoms with Crippen LogP contribution in [0, 0.1) is 0 Å². The number of carbonyl (C=O) groups excluding carboxylic acids is 3. The third kappa shape index (κ3) is 4.22. The van der Waals surface area contributed by atoms with E-state index in [9.17, 15) is 19.5 Å². The highest BCUT2D eigenvalue weighted by Crippen LogP contribution is 2.37. The van der Waals surface area contributed by atoms with Gasteiger partial charge in [-0.1, -0.05) is 58.4 Å². The molecule has 0 saturated heterocycles. The summed E-state index contributed by atoms with van der Waals surface area (Å²) >= 11 is 3.31. The monoisotopic (exact) mass is 471 g/mol. The predicted octanol–water partition coefficient (Wildman–Crippen LogP) is 3.63. The number of Topliss-reactive ketones (excluding diaryl/α,β-unsaturated/α-hetero) is 2. The number of hydrogen-bond donors (Lipinski definition) is 1. The number of esters is 1. The summed E-state index contributed by atoms with van der Waals surface area (Å²) in [4.78, 5) is 39.9. The van der Waals surface area contributed by atoms with Crippen LogP contribution in [0.25, 0.3) is 0 Å². The molecule has 0 bridgehead atoms. The van der Waals surface area contributed by atoms with E-state index in [-0.39, 0.29) is 24.4 Å². The molecule has 0 aromatic heterocycles. The second kappa shape index (κ2) is 8.93. The Morgan fingerprint density at radius 3 is 2.33 bits per heavy atom. The average Bonchev–Trinajstić information content (AvgIpc) is 2.90. The molecule has 156 valence electrons. The number of ether oxygens (including phenoxy) is 1. The molecule has 1 aliphatic heterocycles. The fourth-order valence-corrected chi connectivity index (χ4v) is 3.76. The van der Waals surface area contributed by atoms with Gasteiger partial charge in [0.15, 0.2) is 5.78 Å². The standard InChI is InChI=1S/C23H22BrNO5/c1-3-30-22(28)20-15(2)25(14-16-7-5-4-6-8-16)23(29,21(20)27)13-19(26)17-9-11-18(24)12-10-17/h4-12,29H,3,13-14H2,1-2H3/t23-/m1/s1. The van der Waals surface area contributed by atoms with E-state index < -0.39 is 29.7 Å². The third-order valence-electron chi connectivity index (χ3n) is 5.04. The lowest BCUT2D eigenvalue weighted by atomic mass is 9.95. The van der Waals surface area contributed by atoms with Crippen molar-refractivity contribution in [3.63, 3.8) is 0 Å². The van der Waals surface area contributed by atoms with Crippen molar-refractivity contribution in [1.29, 1.82) is 0 Å². The lowest BCUT2D eigenvalue weighted by molar-refractivity contribution is -0.151. The van der Waals surface area contributed by atoms with Crippen LogP contribution in [0.15, 0.2) is 70.3 Å². The highest BCUT2D eigenvalue weighted by Gasteiger charge is 2.53. The van der Waals surface area contributed by atoms with E-state index in [0.717, 1.165) is 10.0 Å². The maximum atomic E-state index is 13.2. The van der Waals surface area contributed by atoms with Gasteiger partial charge >= 0.3 is 5.97 Å². The van der Waals surface area contributed by atoms with Gasteiger partial charge < -0.3 is 14.7 Å². The van der Waals surface area contributed by atoms with Crippen molar-refractivity contribution < 1.29 is 24.2 Å². The van der Waals surface area contributed by atoms with Gasteiger partial charge in [-0.05, 0) is 31.5 Å². The topological polar surface area (TPSA) is 83.9 Å². The highest BCUT2D eigenvalue weighted by molar-refractivity contribution is 9.10. The number of benzene rings is 2. The molecular weight excluding hydrogens is 450 g/mol. The van der Waals surface area contributed by atoms with E-state index in [1.54, 1.807) is 38.1 Å². The zero-order valence-corrected chi connectivity index (χ0v) is 18.3. The number of rotatable bonds is 7. The van der Waals surface area contributed by atoms with Gasteiger partial charge in [0.05, 0.1) is 13.0 Å². The largest absolute Gasteiger partial charge is 0.462 e. The second-order valence-electron chi connectivity index (χ2n) is 7.01. The number of carbonyl (C=O) groups is 3. The summed E-state index contributed by atoms with van der Waals surface area (Å²) < 4.78 is 5.82. The number of halogens is 1. The molecule has 2 aromatic carbocycles. The highest BCUT2D eigenvalue weighted by atomic mass is 79.9. The van der Waals surface area contributed by atoms with Crippen molar-refractivity contribution in [2.75, 3.05) is 6.61 Å². The number of aliphatic hydroxyl groups is 1. The molecule has 7 heteroatoms. The van der Waals surface area contributed by atoms with Crippen LogP contribution in [0.4, 0.5) is 0 Å². The Kier molecular flexibility index (Phi) is 6.53. The first-order valence-corrected chi connectivity index (χ1v) is 10.3. The minimum Gasteiger partial charge on any atom is -0.462 e. The van der Waals surface area contributed by atoms with Gasteiger partial charge in [0.2, 0.25) is 11.5 Å². The Balaban J connectivity index is 1.98. The van der Waals surface area contributed by atoms with Gasteiger partial charge in [-0.3, -0.25) is 9.59 Å². The smallest absolute Gasteiger partial charge is 0.343 e. The van der Waals surface area contributed by atoms with E-state index in [1.807, 2.05) is 30.3 Å². The Bertz CT molecular complexity index is 1000. The quantitative estimate of drug-likeness (QED) is 0.377. The van der Waals surface area contributed by atoms with Gasteiger partial charge in [0.25, 0.3) is 0 Å². The predicted molar refractivity (Wildman–Crippen MR) is 114 cm³/mol. The van der Waals surface area contributed by atoms with Gasteiger partial charge in [-0.2, -0.15) is 0 Å². The van der Waals surface area contributed by atoms with E-state index in [4.69, 9.17) is 4.74 Å². The molecule has 30 heavy (non-hydrogen) atoms. The molecule has 1 N–H and O–H groups in total. The number of allylic oxidation sites excluding steroid dienone is 1. The summed E-state index contributed by atoms with van der Waals surface area (Å²) in [6.07, 6.45) is -0.486. The molecule has 2 aromatic rings. The molecule has 0 aliphatic carbocycles. The van der Waals surface area contributed by atoms with Crippen LogP contribution < -0.4 is 0 Å². The van der Waals surface area contributed by atoms with E-state index >= 15 is 0 Å². The van der Waals surface area contributed by atoms with Crippen LogP contribution in [-0.2, 0) is 20.9 Å². The van der Waals surface area contributed by atoms with Gasteiger partial charge in [-0.15, -0.1) is 0 Å². The van der Waals surface area contributed by atoms with Crippen LogP contribution in [0.5, 0.6) is 0 Å². The second-order valence-corrected chi connectivity index (χ2v) is 7.92.